The number of hydrogen-bond acceptors (Lipinski definition) is 4. The van der Waals surface area contributed by atoms with Crippen molar-refractivity contribution in [3.8, 4) is 12.0 Å². The number of hydrazone groups is 1. The van der Waals surface area contributed by atoms with Gasteiger partial charge in [-0.25, -0.2) is 5.43 Å². The fourth-order valence-corrected chi connectivity index (χ4v) is 3.26. The van der Waals surface area contributed by atoms with E-state index >= 15 is 0 Å². The summed E-state index contributed by atoms with van der Waals surface area (Å²) in [7, 11) is 0. The number of aromatic nitrogens is 1. The molecule has 0 saturated heterocycles. The maximum absolute atomic E-state index is 12.1. The van der Waals surface area contributed by atoms with Gasteiger partial charge in [0.15, 0.2) is 0 Å². The number of nitrogens with zero attached hydrogens (tertiary/aromatic N) is 3. The lowest BCUT2D eigenvalue weighted by molar-refractivity contribution is -0.120. The molecule has 3 rings (SSSR count). The van der Waals surface area contributed by atoms with E-state index in [0.717, 1.165) is 28.1 Å². The molecule has 0 aliphatic heterocycles. The third-order valence-electron chi connectivity index (χ3n) is 4.82. The third kappa shape index (κ3) is 4.25. The number of rotatable bonds is 5. The largest absolute Gasteiger partial charge is 0.443 e. The number of nitriles is 1. The van der Waals surface area contributed by atoms with Crippen molar-refractivity contribution in [1.29, 1.82) is 5.26 Å². The molecule has 1 aromatic carbocycles. The molecule has 29 heavy (non-hydrogen) atoms. The minimum atomic E-state index is -0.221. The average Bonchev–Trinajstić information content (AvgIpc) is 3.12. The number of carbonyl (C=O) groups is 1. The Bertz CT molecular complexity index is 1130. The summed E-state index contributed by atoms with van der Waals surface area (Å²) in [5.74, 6) is 0.999. The zero-order valence-corrected chi connectivity index (χ0v) is 17.5. The number of halogens is 1. The lowest BCUT2D eigenvalue weighted by atomic mass is 10.1. The van der Waals surface area contributed by atoms with Gasteiger partial charge >= 0.3 is 0 Å². The first-order valence-corrected chi connectivity index (χ1v) is 9.45. The van der Waals surface area contributed by atoms with Crippen LogP contribution >= 0.6 is 11.6 Å². The van der Waals surface area contributed by atoms with Crippen molar-refractivity contribution in [2.24, 2.45) is 5.10 Å². The molecule has 6 nitrogen and oxygen atoms in total. The van der Waals surface area contributed by atoms with Crippen LogP contribution in [-0.2, 0) is 11.2 Å². The highest BCUT2D eigenvalue weighted by molar-refractivity contribution is 6.30. The van der Waals surface area contributed by atoms with Gasteiger partial charge in [0.1, 0.15) is 17.4 Å². The number of hydrogen-bond donors (Lipinski definition) is 1. The minimum absolute atomic E-state index is 0.212. The van der Waals surface area contributed by atoms with Gasteiger partial charge in [-0.05, 0) is 51.5 Å². The summed E-state index contributed by atoms with van der Waals surface area (Å²) in [4.78, 5) is 12.1. The summed E-state index contributed by atoms with van der Waals surface area (Å²) >= 11 is 5.85. The van der Waals surface area contributed by atoms with Crippen molar-refractivity contribution in [2.75, 3.05) is 0 Å². The van der Waals surface area contributed by atoms with Gasteiger partial charge in [0.2, 0.25) is 11.8 Å². The molecule has 1 N–H and O–H groups in total. The zero-order chi connectivity index (χ0) is 21.1. The van der Waals surface area contributed by atoms with E-state index in [9.17, 15) is 10.1 Å². The molecule has 1 amide bonds. The van der Waals surface area contributed by atoms with E-state index in [1.807, 2.05) is 38.3 Å². The van der Waals surface area contributed by atoms with Gasteiger partial charge in [-0.2, -0.15) is 10.4 Å². The van der Waals surface area contributed by atoms with Crippen LogP contribution in [0.2, 0.25) is 5.02 Å². The number of furan rings is 1. The Morgan fingerprint density at radius 2 is 1.97 bits per heavy atom. The number of carbonyl (C=O) groups excluding carboxylic acids is 1. The Morgan fingerprint density at radius 3 is 2.62 bits per heavy atom. The van der Waals surface area contributed by atoms with Gasteiger partial charge in [-0.15, -0.1) is 0 Å². The summed E-state index contributed by atoms with van der Waals surface area (Å²) in [6, 6.07) is 11.2. The Kier molecular flexibility index (Phi) is 5.90. The van der Waals surface area contributed by atoms with Crippen molar-refractivity contribution in [3.63, 3.8) is 0 Å². The summed E-state index contributed by atoms with van der Waals surface area (Å²) < 4.78 is 7.72. The quantitative estimate of drug-likeness (QED) is 0.497. The van der Waals surface area contributed by atoms with Crippen LogP contribution in [0.15, 0.2) is 39.9 Å². The number of nitrogens with one attached hydrogen (secondary N) is 1. The molecular formula is C22H21ClN4O2. The fraction of sp³-hybridized carbons (Fsp3) is 0.227. The SMILES string of the molecule is Cc1oc(-n2c(C)cc(/C=N\NC(=O)Cc3ccc(Cl)cc3)c2C)c(C#N)c1C. The second-order valence-corrected chi connectivity index (χ2v) is 7.27. The summed E-state index contributed by atoms with van der Waals surface area (Å²) in [6.45, 7) is 7.55. The molecule has 148 valence electrons. The van der Waals surface area contributed by atoms with Crippen molar-refractivity contribution >= 4 is 23.7 Å². The molecule has 0 bridgehead atoms. The monoisotopic (exact) mass is 408 g/mol. The summed E-state index contributed by atoms with van der Waals surface area (Å²) in [5.41, 5.74) is 7.34. The van der Waals surface area contributed by atoms with Crippen LogP contribution in [0.3, 0.4) is 0 Å². The Morgan fingerprint density at radius 1 is 1.28 bits per heavy atom. The van der Waals surface area contributed by atoms with Crippen LogP contribution in [-0.4, -0.2) is 16.7 Å². The van der Waals surface area contributed by atoms with Crippen molar-refractivity contribution in [2.45, 2.75) is 34.1 Å². The number of amides is 1. The Labute approximate surface area is 174 Å². The number of benzene rings is 1. The summed E-state index contributed by atoms with van der Waals surface area (Å²) in [5, 5.41) is 14.2. The maximum atomic E-state index is 12.1. The Balaban J connectivity index is 1.77. The molecular weight excluding hydrogens is 388 g/mol. The number of aryl methyl sites for hydroxylation is 2. The molecule has 0 spiro atoms. The van der Waals surface area contributed by atoms with E-state index in [1.54, 1.807) is 30.5 Å². The van der Waals surface area contributed by atoms with Gasteiger partial charge < -0.3 is 4.42 Å². The van der Waals surface area contributed by atoms with Crippen molar-refractivity contribution in [1.82, 2.24) is 9.99 Å². The second kappa shape index (κ2) is 8.38. The molecule has 0 unspecified atom stereocenters. The average molecular weight is 409 g/mol. The molecule has 3 aromatic rings. The molecule has 0 atom stereocenters. The molecule has 2 aromatic heterocycles. The fourth-order valence-electron chi connectivity index (χ4n) is 3.13. The molecule has 0 aliphatic rings. The van der Waals surface area contributed by atoms with Crippen LogP contribution in [0.5, 0.6) is 0 Å². The molecule has 2 heterocycles. The van der Waals surface area contributed by atoms with Crippen molar-refractivity contribution < 1.29 is 9.21 Å². The van der Waals surface area contributed by atoms with Crippen LogP contribution in [0.25, 0.3) is 5.88 Å². The van der Waals surface area contributed by atoms with Gasteiger partial charge in [-0.1, -0.05) is 23.7 Å². The molecule has 0 saturated carbocycles. The predicted molar refractivity (Wildman–Crippen MR) is 113 cm³/mol. The van der Waals surface area contributed by atoms with Crippen LogP contribution in [0.4, 0.5) is 0 Å². The van der Waals surface area contributed by atoms with Gasteiger partial charge in [0, 0.05) is 27.5 Å². The van der Waals surface area contributed by atoms with E-state index in [-0.39, 0.29) is 12.3 Å². The van der Waals surface area contributed by atoms with Gasteiger partial charge in [-0.3, -0.25) is 9.36 Å². The van der Waals surface area contributed by atoms with E-state index in [1.165, 1.54) is 0 Å². The first kappa shape index (κ1) is 20.4. The standard InChI is InChI=1S/C22H21ClN4O2/c1-13-9-18(12-25-26-21(28)10-17-5-7-19(23)8-6-17)15(3)27(13)22-20(11-24)14(2)16(4)29-22/h5-9,12H,10H2,1-4H3,(H,26,28)/b25-12-. The second-order valence-electron chi connectivity index (χ2n) is 6.83. The van der Waals surface area contributed by atoms with E-state index in [0.29, 0.717) is 22.2 Å². The van der Waals surface area contributed by atoms with E-state index in [2.05, 4.69) is 16.6 Å². The molecule has 0 radical (unpaired) electrons. The molecule has 7 heteroatoms. The topological polar surface area (TPSA) is 83.3 Å². The minimum Gasteiger partial charge on any atom is -0.443 e. The molecule has 0 fully saturated rings. The Hall–Kier alpha value is -3.30. The maximum Gasteiger partial charge on any atom is 0.244 e. The lowest BCUT2D eigenvalue weighted by Gasteiger charge is -2.06. The molecule has 0 aliphatic carbocycles. The first-order chi connectivity index (χ1) is 13.8. The van der Waals surface area contributed by atoms with E-state index in [4.69, 9.17) is 16.0 Å². The highest BCUT2D eigenvalue weighted by Crippen LogP contribution is 2.28. The van der Waals surface area contributed by atoms with Crippen LogP contribution < -0.4 is 5.43 Å². The lowest BCUT2D eigenvalue weighted by Crippen LogP contribution is -2.19. The first-order valence-electron chi connectivity index (χ1n) is 9.07. The summed E-state index contributed by atoms with van der Waals surface area (Å²) in [6.07, 6.45) is 1.80. The van der Waals surface area contributed by atoms with Crippen LogP contribution in [0, 0.1) is 39.0 Å². The normalized spacial score (nSPS) is 11.0. The van der Waals surface area contributed by atoms with Gasteiger partial charge in [0.05, 0.1) is 12.6 Å². The van der Waals surface area contributed by atoms with Crippen LogP contribution in [0.1, 0.15) is 39.4 Å². The highest BCUT2D eigenvalue weighted by atomic mass is 35.5. The van der Waals surface area contributed by atoms with Gasteiger partial charge in [0.25, 0.3) is 0 Å². The third-order valence-corrected chi connectivity index (χ3v) is 5.07. The highest BCUT2D eigenvalue weighted by Gasteiger charge is 2.20. The smallest absolute Gasteiger partial charge is 0.244 e. The van der Waals surface area contributed by atoms with E-state index < -0.39 is 0 Å². The predicted octanol–water partition coefficient (Wildman–Crippen LogP) is 4.52. The van der Waals surface area contributed by atoms with Crippen molar-refractivity contribution in [3.05, 3.63) is 74.8 Å². The zero-order valence-electron chi connectivity index (χ0n) is 16.7.